The molecular formula is C29H37N7O3S. The van der Waals surface area contributed by atoms with Crippen LogP contribution in [-0.2, 0) is 16.1 Å². The van der Waals surface area contributed by atoms with E-state index >= 15 is 0 Å². The van der Waals surface area contributed by atoms with Gasteiger partial charge in [0.15, 0.2) is 0 Å². The van der Waals surface area contributed by atoms with Gasteiger partial charge < -0.3 is 19.7 Å². The first kappa shape index (κ1) is 28.0. The van der Waals surface area contributed by atoms with E-state index < -0.39 is 0 Å². The van der Waals surface area contributed by atoms with Crippen LogP contribution in [0.4, 0.5) is 11.6 Å². The number of fused-ring (bicyclic) bond motifs is 1. The SMILES string of the molecule is C=CC(=O)Nc1csc(C(=O)Nc2nc3ccc(CN4CCN(C)CC4)cc3n2[C@@H]2CCCCN(C(C)=O)C2)c1. The maximum absolute atomic E-state index is 13.3. The monoisotopic (exact) mass is 563 g/mol. The summed E-state index contributed by atoms with van der Waals surface area (Å²) in [6.07, 6.45) is 4.01. The Morgan fingerprint density at radius 3 is 2.65 bits per heavy atom. The van der Waals surface area contributed by atoms with E-state index in [0.717, 1.165) is 69.6 Å². The fourth-order valence-electron chi connectivity index (χ4n) is 5.45. The van der Waals surface area contributed by atoms with Crippen molar-refractivity contribution in [1.29, 1.82) is 0 Å². The highest BCUT2D eigenvalue weighted by Gasteiger charge is 2.27. The molecule has 0 bridgehead atoms. The zero-order valence-electron chi connectivity index (χ0n) is 23.2. The minimum absolute atomic E-state index is 0.0173. The van der Waals surface area contributed by atoms with Gasteiger partial charge in [-0.05, 0) is 56.1 Å². The van der Waals surface area contributed by atoms with Crippen LogP contribution in [-0.4, -0.2) is 88.3 Å². The average Bonchev–Trinajstić information content (AvgIpc) is 3.45. The first-order valence-electron chi connectivity index (χ1n) is 13.8. The Hall–Kier alpha value is -3.54. The number of nitrogens with one attached hydrogen (secondary N) is 2. The molecule has 40 heavy (non-hydrogen) atoms. The summed E-state index contributed by atoms with van der Waals surface area (Å²) in [4.78, 5) is 49.4. The third-order valence-corrected chi connectivity index (χ3v) is 8.64. The number of likely N-dealkylation sites (tertiary alicyclic amines) is 1. The molecule has 2 saturated heterocycles. The van der Waals surface area contributed by atoms with Crippen LogP contribution >= 0.6 is 11.3 Å². The summed E-state index contributed by atoms with van der Waals surface area (Å²) < 4.78 is 2.12. The van der Waals surface area contributed by atoms with E-state index in [-0.39, 0.29) is 23.8 Å². The number of hydrogen-bond donors (Lipinski definition) is 2. The van der Waals surface area contributed by atoms with E-state index in [1.807, 2.05) is 11.0 Å². The molecule has 2 N–H and O–H groups in total. The molecule has 3 aromatic rings. The second-order valence-corrected chi connectivity index (χ2v) is 11.6. The maximum atomic E-state index is 13.3. The van der Waals surface area contributed by atoms with Gasteiger partial charge in [-0.25, -0.2) is 4.98 Å². The Labute approximate surface area is 238 Å². The quantitative estimate of drug-likeness (QED) is 0.424. The fourth-order valence-corrected chi connectivity index (χ4v) is 6.19. The predicted octanol–water partition coefficient (Wildman–Crippen LogP) is 3.80. The first-order chi connectivity index (χ1) is 19.3. The second-order valence-electron chi connectivity index (χ2n) is 10.7. The van der Waals surface area contributed by atoms with Crippen molar-refractivity contribution in [1.82, 2.24) is 24.3 Å². The van der Waals surface area contributed by atoms with Crippen LogP contribution in [0.2, 0.25) is 0 Å². The lowest BCUT2D eigenvalue weighted by molar-refractivity contribution is -0.129. The van der Waals surface area contributed by atoms with Crippen molar-refractivity contribution in [3.05, 3.63) is 52.7 Å². The van der Waals surface area contributed by atoms with Gasteiger partial charge in [0, 0.05) is 58.1 Å². The number of likely N-dealkylation sites (N-methyl/N-ethyl adjacent to an activating group) is 1. The largest absolute Gasteiger partial charge is 0.341 e. The number of benzene rings is 1. The number of anilines is 2. The molecule has 3 amide bonds. The molecule has 4 heterocycles. The van der Waals surface area contributed by atoms with Crippen LogP contribution in [0.25, 0.3) is 11.0 Å². The van der Waals surface area contributed by atoms with Crippen LogP contribution in [0.3, 0.4) is 0 Å². The number of hydrogen-bond acceptors (Lipinski definition) is 7. The lowest BCUT2D eigenvalue weighted by Crippen LogP contribution is -2.43. The first-order valence-corrected chi connectivity index (χ1v) is 14.7. The standard InChI is InChI=1S/C29H37N7O3S/c1-4-27(38)30-22-16-26(40-19-22)28(39)32-29-31-24-9-8-21(17-34-13-11-33(3)12-14-34)15-25(24)36(29)23-7-5-6-10-35(18-23)20(2)37/h4,8-9,15-16,19,23H,1,5-7,10-14,17-18H2,2-3H3,(H,30,38)(H,31,32,39)/t23-/m1/s1. The number of amides is 3. The van der Waals surface area contributed by atoms with Gasteiger partial charge in [-0.1, -0.05) is 12.6 Å². The molecule has 0 spiro atoms. The topological polar surface area (TPSA) is 103 Å². The summed E-state index contributed by atoms with van der Waals surface area (Å²) in [5, 5.41) is 7.45. The number of piperazine rings is 1. The van der Waals surface area contributed by atoms with E-state index in [1.54, 1.807) is 18.4 Å². The van der Waals surface area contributed by atoms with E-state index in [2.05, 4.69) is 50.8 Å². The van der Waals surface area contributed by atoms with Crippen molar-refractivity contribution in [2.75, 3.05) is 56.9 Å². The van der Waals surface area contributed by atoms with Gasteiger partial charge in [0.2, 0.25) is 17.8 Å². The molecule has 1 aromatic carbocycles. The molecule has 5 rings (SSSR count). The maximum Gasteiger partial charge on any atom is 0.268 e. The van der Waals surface area contributed by atoms with Gasteiger partial charge >= 0.3 is 0 Å². The molecule has 0 radical (unpaired) electrons. The minimum atomic E-state index is -0.331. The Bertz CT molecular complexity index is 1410. The smallest absolute Gasteiger partial charge is 0.268 e. The summed E-state index contributed by atoms with van der Waals surface area (Å²) in [6, 6.07) is 7.96. The average molecular weight is 564 g/mol. The molecule has 11 heteroatoms. The molecule has 1 atom stereocenters. The van der Waals surface area contributed by atoms with Crippen molar-refractivity contribution in [3.8, 4) is 0 Å². The summed E-state index contributed by atoms with van der Waals surface area (Å²) in [7, 11) is 2.16. The molecule has 10 nitrogen and oxygen atoms in total. The van der Waals surface area contributed by atoms with E-state index in [4.69, 9.17) is 4.98 Å². The van der Waals surface area contributed by atoms with Crippen LogP contribution in [0.5, 0.6) is 0 Å². The zero-order chi connectivity index (χ0) is 28.2. The van der Waals surface area contributed by atoms with Crippen LogP contribution in [0.15, 0.2) is 42.3 Å². The summed E-state index contributed by atoms with van der Waals surface area (Å²) >= 11 is 1.25. The number of aromatic nitrogens is 2. The number of nitrogens with zero attached hydrogens (tertiary/aromatic N) is 5. The Morgan fingerprint density at radius 2 is 1.90 bits per heavy atom. The molecule has 2 aromatic heterocycles. The number of imidazole rings is 1. The summed E-state index contributed by atoms with van der Waals surface area (Å²) in [5.74, 6) is -0.0970. The number of carbonyl (C=O) groups is 3. The minimum Gasteiger partial charge on any atom is -0.341 e. The van der Waals surface area contributed by atoms with Crippen molar-refractivity contribution < 1.29 is 14.4 Å². The van der Waals surface area contributed by atoms with Gasteiger partial charge in [-0.2, -0.15) is 0 Å². The third kappa shape index (κ3) is 6.43. The molecule has 0 saturated carbocycles. The Balaban J connectivity index is 1.47. The Morgan fingerprint density at radius 1 is 1.10 bits per heavy atom. The van der Waals surface area contributed by atoms with Gasteiger partial charge in [0.25, 0.3) is 5.91 Å². The van der Waals surface area contributed by atoms with Gasteiger partial charge in [0.1, 0.15) is 0 Å². The summed E-state index contributed by atoms with van der Waals surface area (Å²) in [5.41, 5.74) is 3.51. The zero-order valence-corrected chi connectivity index (χ0v) is 24.0. The van der Waals surface area contributed by atoms with Gasteiger partial charge in [-0.3, -0.25) is 24.6 Å². The molecule has 2 fully saturated rings. The lowest BCUT2D eigenvalue weighted by atomic mass is 10.1. The third-order valence-electron chi connectivity index (χ3n) is 7.71. The number of rotatable bonds is 7. The highest BCUT2D eigenvalue weighted by atomic mass is 32.1. The van der Waals surface area contributed by atoms with Crippen molar-refractivity contribution in [2.24, 2.45) is 0 Å². The van der Waals surface area contributed by atoms with Crippen molar-refractivity contribution >= 4 is 51.7 Å². The van der Waals surface area contributed by atoms with Gasteiger partial charge in [-0.15, -0.1) is 11.3 Å². The second kappa shape index (κ2) is 12.3. The van der Waals surface area contributed by atoms with Crippen molar-refractivity contribution in [3.63, 3.8) is 0 Å². The molecule has 212 valence electrons. The van der Waals surface area contributed by atoms with Crippen LogP contribution in [0, 0.1) is 0 Å². The van der Waals surface area contributed by atoms with E-state index in [9.17, 15) is 14.4 Å². The normalized spacial score (nSPS) is 18.9. The molecule has 2 aliphatic heterocycles. The predicted molar refractivity (Wildman–Crippen MR) is 159 cm³/mol. The van der Waals surface area contributed by atoms with Gasteiger partial charge in [0.05, 0.1) is 27.6 Å². The molecule has 0 unspecified atom stereocenters. The highest BCUT2D eigenvalue weighted by molar-refractivity contribution is 7.12. The molecule has 0 aliphatic carbocycles. The van der Waals surface area contributed by atoms with E-state index in [1.165, 1.54) is 23.0 Å². The number of thiophene rings is 1. The summed E-state index contributed by atoms with van der Waals surface area (Å²) in [6.45, 7) is 11.4. The number of carbonyl (C=O) groups excluding carboxylic acids is 3. The molecular weight excluding hydrogens is 526 g/mol. The van der Waals surface area contributed by atoms with Crippen LogP contribution in [0.1, 0.15) is 47.5 Å². The van der Waals surface area contributed by atoms with Crippen molar-refractivity contribution in [2.45, 2.75) is 38.8 Å². The lowest BCUT2D eigenvalue weighted by Gasteiger charge is -2.32. The van der Waals surface area contributed by atoms with E-state index in [0.29, 0.717) is 23.1 Å². The highest BCUT2D eigenvalue weighted by Crippen LogP contribution is 2.32. The van der Waals surface area contributed by atoms with Crippen LogP contribution < -0.4 is 10.6 Å². The molecule has 2 aliphatic rings. The fraction of sp³-hybridized carbons (Fsp3) is 0.448. The Kier molecular flexibility index (Phi) is 8.63.